The maximum atomic E-state index is 12.1. The topological polar surface area (TPSA) is 102 Å². The molecule has 2 amide bonds. The van der Waals surface area contributed by atoms with Gasteiger partial charge in [-0.15, -0.1) is 5.10 Å². The Labute approximate surface area is 134 Å². The molecule has 0 aliphatic rings. The largest absolute Gasteiger partial charge is 0.350 e. The Kier molecular flexibility index (Phi) is 5.79. The first-order chi connectivity index (χ1) is 11.1. The molecule has 0 radical (unpaired) electrons. The van der Waals surface area contributed by atoms with Gasteiger partial charge in [0.1, 0.15) is 12.9 Å². The Balaban J connectivity index is 1.89. The molecule has 0 aliphatic heterocycles. The lowest BCUT2D eigenvalue weighted by Crippen LogP contribution is -2.32. The van der Waals surface area contributed by atoms with Crippen LogP contribution in [0.4, 0.5) is 0 Å². The first-order valence-corrected chi connectivity index (χ1v) is 7.45. The van der Waals surface area contributed by atoms with Crippen molar-refractivity contribution in [3.8, 4) is 0 Å². The summed E-state index contributed by atoms with van der Waals surface area (Å²) in [6, 6.07) is 7.31. The maximum absolute atomic E-state index is 12.1. The summed E-state index contributed by atoms with van der Waals surface area (Å²) in [7, 11) is 0. The molecule has 2 rings (SSSR count). The Hall–Kier alpha value is -2.77. The molecule has 2 N–H and O–H groups in total. The number of hydrogen-bond donors (Lipinski definition) is 2. The van der Waals surface area contributed by atoms with E-state index in [2.05, 4.69) is 26.2 Å². The zero-order chi connectivity index (χ0) is 16.7. The van der Waals surface area contributed by atoms with E-state index < -0.39 is 0 Å². The minimum absolute atomic E-state index is 0.0567. The third-order valence-electron chi connectivity index (χ3n) is 3.37. The number of hydrogen-bond acceptors (Lipinski definition) is 5. The van der Waals surface area contributed by atoms with Gasteiger partial charge in [0, 0.05) is 18.2 Å². The van der Waals surface area contributed by atoms with Crippen molar-refractivity contribution in [3.63, 3.8) is 0 Å². The van der Waals surface area contributed by atoms with Crippen molar-refractivity contribution in [2.75, 3.05) is 0 Å². The predicted molar refractivity (Wildman–Crippen MR) is 83.3 cm³/mol. The second kappa shape index (κ2) is 8.02. The van der Waals surface area contributed by atoms with E-state index in [1.807, 2.05) is 19.9 Å². The lowest BCUT2D eigenvalue weighted by atomic mass is 10.1. The van der Waals surface area contributed by atoms with Gasteiger partial charge < -0.3 is 10.6 Å². The Bertz CT molecular complexity index is 656. The smallest absolute Gasteiger partial charge is 0.251 e. The van der Waals surface area contributed by atoms with Crippen LogP contribution in [-0.4, -0.2) is 38.1 Å². The fourth-order valence-corrected chi connectivity index (χ4v) is 1.89. The molecular weight excluding hydrogens is 296 g/mol. The molecule has 0 spiro atoms. The lowest BCUT2D eigenvalue weighted by molar-refractivity contribution is -0.122. The van der Waals surface area contributed by atoms with E-state index in [1.54, 1.807) is 18.2 Å². The highest BCUT2D eigenvalue weighted by atomic mass is 16.2. The summed E-state index contributed by atoms with van der Waals surface area (Å²) >= 11 is 0. The molecule has 0 saturated heterocycles. The van der Waals surface area contributed by atoms with Crippen molar-refractivity contribution in [2.45, 2.75) is 39.4 Å². The predicted octanol–water partition coefficient (Wildman–Crippen LogP) is 0.518. The first kappa shape index (κ1) is 16.6. The number of aromatic nitrogens is 4. The fraction of sp³-hybridized carbons (Fsp3) is 0.400. The molecule has 1 unspecified atom stereocenters. The molecular formula is C15H20N6O2. The zero-order valence-electron chi connectivity index (χ0n) is 13.2. The average molecular weight is 316 g/mol. The number of nitrogens with one attached hydrogen (secondary N) is 2. The number of amides is 2. The van der Waals surface area contributed by atoms with Crippen LogP contribution in [0.5, 0.6) is 0 Å². The van der Waals surface area contributed by atoms with E-state index in [0.717, 1.165) is 12.0 Å². The second-order valence-corrected chi connectivity index (χ2v) is 5.27. The molecule has 1 heterocycles. The van der Waals surface area contributed by atoms with E-state index in [0.29, 0.717) is 12.1 Å². The van der Waals surface area contributed by atoms with Gasteiger partial charge in [-0.25, -0.2) is 4.68 Å². The molecule has 1 aromatic heterocycles. The molecule has 0 aliphatic carbocycles. The SMILES string of the molecule is CCC(C)NC(=O)c1cccc(CNC(=O)Cn2cnnn2)c1. The minimum atomic E-state index is -0.202. The standard InChI is InChI=1S/C15H20N6O2/c1-3-11(2)18-15(23)13-6-4-5-12(7-13)8-16-14(22)9-21-10-17-19-20-21/h4-7,10-11H,3,8-9H2,1-2H3,(H,16,22)(H,18,23). The molecule has 1 atom stereocenters. The molecule has 8 nitrogen and oxygen atoms in total. The highest BCUT2D eigenvalue weighted by Crippen LogP contribution is 2.06. The van der Waals surface area contributed by atoms with Gasteiger partial charge >= 0.3 is 0 Å². The van der Waals surface area contributed by atoms with Gasteiger partial charge in [0.2, 0.25) is 5.91 Å². The van der Waals surface area contributed by atoms with Crippen LogP contribution < -0.4 is 10.6 Å². The Morgan fingerprint density at radius 3 is 2.87 bits per heavy atom. The normalized spacial score (nSPS) is 11.7. The minimum Gasteiger partial charge on any atom is -0.350 e. The van der Waals surface area contributed by atoms with Crippen molar-refractivity contribution in [2.24, 2.45) is 0 Å². The first-order valence-electron chi connectivity index (χ1n) is 7.45. The van der Waals surface area contributed by atoms with Crippen molar-refractivity contribution < 1.29 is 9.59 Å². The van der Waals surface area contributed by atoms with E-state index in [9.17, 15) is 9.59 Å². The van der Waals surface area contributed by atoms with Crippen LogP contribution in [0.1, 0.15) is 36.2 Å². The van der Waals surface area contributed by atoms with Gasteiger partial charge in [0.05, 0.1) is 0 Å². The van der Waals surface area contributed by atoms with Gasteiger partial charge in [-0.1, -0.05) is 19.1 Å². The average Bonchev–Trinajstić information content (AvgIpc) is 3.06. The molecule has 8 heteroatoms. The molecule has 1 aromatic carbocycles. The number of nitrogens with zero attached hydrogens (tertiary/aromatic N) is 4. The highest BCUT2D eigenvalue weighted by Gasteiger charge is 2.09. The number of tetrazole rings is 1. The van der Waals surface area contributed by atoms with Gasteiger partial charge in [-0.3, -0.25) is 9.59 Å². The van der Waals surface area contributed by atoms with E-state index in [-0.39, 0.29) is 24.4 Å². The summed E-state index contributed by atoms with van der Waals surface area (Å²) < 4.78 is 1.34. The van der Waals surface area contributed by atoms with Crippen LogP contribution >= 0.6 is 0 Å². The monoisotopic (exact) mass is 316 g/mol. The highest BCUT2D eigenvalue weighted by molar-refractivity contribution is 5.94. The van der Waals surface area contributed by atoms with Gasteiger partial charge in [0.15, 0.2) is 0 Å². The molecule has 0 bridgehead atoms. The maximum Gasteiger partial charge on any atom is 0.251 e. The summed E-state index contributed by atoms with van der Waals surface area (Å²) in [6.07, 6.45) is 2.25. The number of carbonyl (C=O) groups is 2. The van der Waals surface area contributed by atoms with Crippen LogP contribution in [0, 0.1) is 0 Å². The van der Waals surface area contributed by atoms with Gasteiger partial charge in [0.25, 0.3) is 5.91 Å². The summed E-state index contributed by atoms with van der Waals surface area (Å²) in [5.74, 6) is -0.312. The molecule has 0 fully saturated rings. The number of benzene rings is 1. The Morgan fingerprint density at radius 2 is 2.17 bits per heavy atom. The van der Waals surface area contributed by atoms with Crippen molar-refractivity contribution in [1.29, 1.82) is 0 Å². The van der Waals surface area contributed by atoms with E-state index in [1.165, 1.54) is 11.0 Å². The quantitative estimate of drug-likeness (QED) is 0.775. The summed E-state index contributed by atoms with van der Waals surface area (Å²) in [5, 5.41) is 16.2. The van der Waals surface area contributed by atoms with Crippen molar-refractivity contribution in [3.05, 3.63) is 41.7 Å². The van der Waals surface area contributed by atoms with Crippen LogP contribution in [0.25, 0.3) is 0 Å². The summed E-state index contributed by atoms with van der Waals surface area (Å²) in [4.78, 5) is 23.9. The van der Waals surface area contributed by atoms with E-state index >= 15 is 0 Å². The summed E-state index contributed by atoms with van der Waals surface area (Å²) in [5.41, 5.74) is 1.43. The van der Waals surface area contributed by atoms with Crippen LogP contribution in [-0.2, 0) is 17.9 Å². The van der Waals surface area contributed by atoms with Crippen LogP contribution in [0.15, 0.2) is 30.6 Å². The zero-order valence-corrected chi connectivity index (χ0v) is 13.2. The number of rotatable bonds is 7. The van der Waals surface area contributed by atoms with Crippen LogP contribution in [0.2, 0.25) is 0 Å². The molecule has 0 saturated carbocycles. The molecule has 23 heavy (non-hydrogen) atoms. The fourth-order valence-electron chi connectivity index (χ4n) is 1.89. The third-order valence-corrected chi connectivity index (χ3v) is 3.37. The van der Waals surface area contributed by atoms with E-state index in [4.69, 9.17) is 0 Å². The van der Waals surface area contributed by atoms with Crippen molar-refractivity contribution in [1.82, 2.24) is 30.8 Å². The van der Waals surface area contributed by atoms with Crippen molar-refractivity contribution >= 4 is 11.8 Å². The molecule has 2 aromatic rings. The van der Waals surface area contributed by atoms with Crippen LogP contribution in [0.3, 0.4) is 0 Å². The van der Waals surface area contributed by atoms with Gasteiger partial charge in [-0.2, -0.15) is 0 Å². The van der Waals surface area contributed by atoms with Gasteiger partial charge in [-0.05, 0) is 41.5 Å². The summed E-state index contributed by atoms with van der Waals surface area (Å²) in [6.45, 7) is 4.37. The third kappa shape index (κ3) is 5.17. The number of carbonyl (C=O) groups excluding carboxylic acids is 2. The molecule has 122 valence electrons. The second-order valence-electron chi connectivity index (χ2n) is 5.27. The Morgan fingerprint density at radius 1 is 1.35 bits per heavy atom. The lowest BCUT2D eigenvalue weighted by Gasteiger charge is -2.12.